The van der Waals surface area contributed by atoms with Crippen LogP contribution in [0.25, 0.3) is 0 Å². The summed E-state index contributed by atoms with van der Waals surface area (Å²) in [4.78, 5) is 12.1. The van der Waals surface area contributed by atoms with E-state index in [1.165, 1.54) is 6.42 Å². The van der Waals surface area contributed by atoms with E-state index in [0.717, 1.165) is 24.8 Å². The Morgan fingerprint density at radius 3 is 2.81 bits per heavy atom. The molecule has 1 heterocycles. The van der Waals surface area contributed by atoms with Crippen LogP contribution in [0.5, 0.6) is 0 Å². The molecular weight excluding hydrogens is 200 g/mol. The van der Waals surface area contributed by atoms with Crippen molar-refractivity contribution in [1.29, 1.82) is 0 Å². The van der Waals surface area contributed by atoms with Crippen molar-refractivity contribution in [2.75, 3.05) is 6.61 Å². The molecule has 2 nitrogen and oxygen atoms in total. The van der Waals surface area contributed by atoms with Gasteiger partial charge in [0.15, 0.2) is 0 Å². The van der Waals surface area contributed by atoms with Gasteiger partial charge >= 0.3 is 5.97 Å². The molecule has 2 atom stereocenters. The zero-order valence-electron chi connectivity index (χ0n) is 9.32. The maximum absolute atomic E-state index is 12.1. The topological polar surface area (TPSA) is 26.3 Å². The first kappa shape index (κ1) is 9.88. The van der Waals surface area contributed by atoms with Crippen LogP contribution in [-0.4, -0.2) is 12.6 Å². The maximum Gasteiger partial charge on any atom is 0.316 e. The van der Waals surface area contributed by atoms with E-state index >= 15 is 0 Å². The summed E-state index contributed by atoms with van der Waals surface area (Å²) in [5.41, 5.74) is 0.835. The van der Waals surface area contributed by atoms with Crippen molar-refractivity contribution in [3.63, 3.8) is 0 Å². The van der Waals surface area contributed by atoms with Crippen LogP contribution in [0.1, 0.15) is 31.2 Å². The molecule has 0 bridgehead atoms. The molecule has 3 rings (SSSR count). The van der Waals surface area contributed by atoms with E-state index in [1.807, 2.05) is 18.2 Å². The number of hydrogen-bond acceptors (Lipinski definition) is 2. The Morgan fingerprint density at radius 1 is 1.19 bits per heavy atom. The largest absolute Gasteiger partial charge is 0.465 e. The number of rotatable bonds is 1. The Hall–Kier alpha value is -1.31. The Morgan fingerprint density at radius 2 is 2.00 bits per heavy atom. The molecular formula is C14H16O2. The van der Waals surface area contributed by atoms with Crippen molar-refractivity contribution >= 4 is 5.97 Å². The molecule has 1 saturated heterocycles. The van der Waals surface area contributed by atoms with Gasteiger partial charge < -0.3 is 4.74 Å². The second-order valence-electron chi connectivity index (χ2n) is 4.88. The molecule has 84 valence electrons. The molecule has 1 aromatic rings. The van der Waals surface area contributed by atoms with E-state index < -0.39 is 0 Å². The third kappa shape index (κ3) is 1.22. The molecule has 1 saturated carbocycles. The van der Waals surface area contributed by atoms with Crippen LogP contribution in [-0.2, 0) is 14.9 Å². The van der Waals surface area contributed by atoms with Gasteiger partial charge in [-0.15, -0.1) is 0 Å². The lowest BCUT2D eigenvalue weighted by Crippen LogP contribution is -2.40. The van der Waals surface area contributed by atoms with Crippen molar-refractivity contribution in [3.8, 4) is 0 Å². The SMILES string of the molecule is O=C1OC[C@@H]2CCCC[C@]12c1ccccc1. The smallest absolute Gasteiger partial charge is 0.316 e. The molecule has 0 unspecified atom stereocenters. The quantitative estimate of drug-likeness (QED) is 0.675. The van der Waals surface area contributed by atoms with E-state index in [9.17, 15) is 4.79 Å². The number of fused-ring (bicyclic) bond motifs is 1. The van der Waals surface area contributed by atoms with Gasteiger partial charge in [0.1, 0.15) is 0 Å². The second-order valence-corrected chi connectivity index (χ2v) is 4.88. The summed E-state index contributed by atoms with van der Waals surface area (Å²) < 4.78 is 5.32. The van der Waals surface area contributed by atoms with E-state index in [4.69, 9.17) is 4.74 Å². The summed E-state index contributed by atoms with van der Waals surface area (Å²) in [6.07, 6.45) is 4.46. The molecule has 0 spiro atoms. The molecule has 0 N–H and O–H groups in total. The minimum atomic E-state index is -0.320. The summed E-state index contributed by atoms with van der Waals surface area (Å²) in [5.74, 6) is 0.402. The third-order valence-corrected chi connectivity index (χ3v) is 4.14. The molecule has 2 fully saturated rings. The zero-order valence-corrected chi connectivity index (χ0v) is 9.32. The molecule has 1 aromatic carbocycles. The van der Waals surface area contributed by atoms with Gasteiger partial charge in [0.25, 0.3) is 0 Å². The van der Waals surface area contributed by atoms with E-state index in [0.29, 0.717) is 12.5 Å². The van der Waals surface area contributed by atoms with Crippen molar-refractivity contribution in [2.24, 2.45) is 5.92 Å². The van der Waals surface area contributed by atoms with Gasteiger partial charge in [-0.3, -0.25) is 4.79 Å². The van der Waals surface area contributed by atoms with Crippen LogP contribution in [0.15, 0.2) is 30.3 Å². The predicted molar refractivity (Wildman–Crippen MR) is 61.0 cm³/mol. The van der Waals surface area contributed by atoms with Gasteiger partial charge in [-0.25, -0.2) is 0 Å². The van der Waals surface area contributed by atoms with Crippen molar-refractivity contribution in [3.05, 3.63) is 35.9 Å². The first-order chi connectivity index (χ1) is 7.84. The predicted octanol–water partition coefficient (Wildman–Crippen LogP) is 2.67. The highest BCUT2D eigenvalue weighted by atomic mass is 16.5. The van der Waals surface area contributed by atoms with Gasteiger partial charge in [-0.2, -0.15) is 0 Å². The van der Waals surface area contributed by atoms with E-state index in [1.54, 1.807) is 0 Å². The van der Waals surface area contributed by atoms with Gasteiger partial charge in [0, 0.05) is 5.92 Å². The molecule has 0 aromatic heterocycles. The van der Waals surface area contributed by atoms with Crippen LogP contribution in [0.3, 0.4) is 0 Å². The number of cyclic esters (lactones) is 1. The molecule has 2 aliphatic rings. The second kappa shape index (κ2) is 3.62. The Labute approximate surface area is 95.6 Å². The third-order valence-electron chi connectivity index (χ3n) is 4.14. The Balaban J connectivity index is 2.09. The molecule has 0 radical (unpaired) electrons. The first-order valence-corrected chi connectivity index (χ1v) is 6.07. The molecule has 1 aliphatic carbocycles. The van der Waals surface area contributed by atoms with Crippen molar-refractivity contribution < 1.29 is 9.53 Å². The fourth-order valence-corrected chi connectivity index (χ4v) is 3.28. The van der Waals surface area contributed by atoms with E-state index in [2.05, 4.69) is 12.1 Å². The van der Waals surface area contributed by atoms with E-state index in [-0.39, 0.29) is 11.4 Å². The summed E-state index contributed by atoms with van der Waals surface area (Å²) in [6.45, 7) is 0.619. The van der Waals surface area contributed by atoms with Gasteiger partial charge in [-0.05, 0) is 18.4 Å². The highest BCUT2D eigenvalue weighted by Crippen LogP contribution is 2.48. The lowest BCUT2D eigenvalue weighted by molar-refractivity contribution is -0.143. The molecule has 16 heavy (non-hydrogen) atoms. The number of benzene rings is 1. The normalized spacial score (nSPS) is 33.2. The van der Waals surface area contributed by atoms with Crippen LogP contribution >= 0.6 is 0 Å². The highest BCUT2D eigenvalue weighted by molar-refractivity contribution is 5.85. The Kier molecular flexibility index (Phi) is 2.23. The van der Waals surface area contributed by atoms with Crippen LogP contribution in [0.2, 0.25) is 0 Å². The fraction of sp³-hybridized carbons (Fsp3) is 0.500. The summed E-state index contributed by atoms with van der Waals surface area (Å²) in [7, 11) is 0. The summed E-state index contributed by atoms with van der Waals surface area (Å²) >= 11 is 0. The highest BCUT2D eigenvalue weighted by Gasteiger charge is 2.54. The standard InChI is InChI=1S/C14H16O2/c15-13-14(11-6-2-1-3-7-11)9-5-4-8-12(14)10-16-13/h1-3,6-7,12H,4-5,8-10H2/t12-,14+/m0/s1. The molecule has 0 amide bonds. The fourth-order valence-electron chi connectivity index (χ4n) is 3.28. The van der Waals surface area contributed by atoms with Gasteiger partial charge in [0.05, 0.1) is 12.0 Å². The number of ether oxygens (including phenoxy) is 1. The monoisotopic (exact) mass is 216 g/mol. The first-order valence-electron chi connectivity index (χ1n) is 6.07. The average Bonchev–Trinajstić information content (AvgIpc) is 2.70. The maximum atomic E-state index is 12.1. The van der Waals surface area contributed by atoms with Crippen molar-refractivity contribution in [1.82, 2.24) is 0 Å². The summed E-state index contributed by atoms with van der Waals surface area (Å²) in [5, 5.41) is 0. The number of hydrogen-bond donors (Lipinski definition) is 0. The van der Waals surface area contributed by atoms with Gasteiger partial charge in [-0.1, -0.05) is 43.2 Å². The lowest BCUT2D eigenvalue weighted by atomic mass is 9.64. The van der Waals surface area contributed by atoms with Crippen LogP contribution < -0.4 is 0 Å². The lowest BCUT2D eigenvalue weighted by Gasteiger charge is -2.35. The van der Waals surface area contributed by atoms with Crippen LogP contribution in [0, 0.1) is 5.92 Å². The van der Waals surface area contributed by atoms with Gasteiger partial charge in [0.2, 0.25) is 0 Å². The molecule has 1 aliphatic heterocycles. The van der Waals surface area contributed by atoms with Crippen molar-refractivity contribution in [2.45, 2.75) is 31.1 Å². The molecule has 2 heteroatoms. The minimum absolute atomic E-state index is 0.00315. The zero-order chi connectivity index (χ0) is 11.0. The minimum Gasteiger partial charge on any atom is -0.465 e. The number of esters is 1. The number of carbonyl (C=O) groups is 1. The number of carbonyl (C=O) groups excluding carboxylic acids is 1. The summed E-state index contributed by atoms with van der Waals surface area (Å²) in [6, 6.07) is 10.2. The Bertz CT molecular complexity index is 398. The average molecular weight is 216 g/mol. The van der Waals surface area contributed by atoms with Crippen LogP contribution in [0.4, 0.5) is 0 Å².